The largest absolute Gasteiger partial charge is 0.480 e. The summed E-state index contributed by atoms with van der Waals surface area (Å²) in [5.41, 5.74) is 0.372. The van der Waals surface area contributed by atoms with Gasteiger partial charge in [0, 0.05) is 25.1 Å². The number of rotatable bonds is 8. The first kappa shape index (κ1) is 21.3. The lowest BCUT2D eigenvalue weighted by atomic mass is 10.1. The van der Waals surface area contributed by atoms with Crippen LogP contribution in [0.5, 0.6) is 11.5 Å². The van der Waals surface area contributed by atoms with E-state index >= 15 is 0 Å². The molecule has 2 aromatic rings. The number of carboxylic acids is 1. The molecule has 0 radical (unpaired) electrons. The molecule has 30 heavy (non-hydrogen) atoms. The van der Waals surface area contributed by atoms with E-state index in [1.807, 2.05) is 30.3 Å². The zero-order valence-electron chi connectivity index (χ0n) is 16.6. The van der Waals surface area contributed by atoms with E-state index < -0.39 is 23.8 Å². The zero-order valence-corrected chi connectivity index (χ0v) is 16.6. The summed E-state index contributed by atoms with van der Waals surface area (Å²) in [6.07, 6.45) is 0.339. The van der Waals surface area contributed by atoms with Gasteiger partial charge in [-0.25, -0.2) is 4.79 Å². The molecule has 0 bridgehead atoms. The van der Waals surface area contributed by atoms with Crippen molar-refractivity contribution in [2.24, 2.45) is 5.92 Å². The maximum Gasteiger partial charge on any atom is 0.326 e. The second-order valence-electron chi connectivity index (χ2n) is 7.08. The number of aliphatic carboxylic acids is 1. The molecule has 0 aromatic heterocycles. The first-order valence-corrected chi connectivity index (χ1v) is 9.60. The Bertz CT molecular complexity index is 884. The molecule has 1 unspecified atom stereocenters. The molecule has 3 rings (SSSR count). The van der Waals surface area contributed by atoms with Crippen LogP contribution in [0.4, 0.5) is 0 Å². The normalized spacial score (nSPS) is 18.1. The van der Waals surface area contributed by atoms with E-state index in [2.05, 4.69) is 5.32 Å². The predicted octanol–water partition coefficient (Wildman–Crippen LogP) is 2.16. The van der Waals surface area contributed by atoms with Crippen molar-refractivity contribution >= 4 is 17.8 Å². The lowest BCUT2D eigenvalue weighted by Crippen LogP contribution is -2.45. The summed E-state index contributed by atoms with van der Waals surface area (Å²) in [6.45, 7) is 0.410. The summed E-state index contributed by atoms with van der Waals surface area (Å²) < 4.78 is 10.8. The average Bonchev–Trinajstić information content (AvgIpc) is 3.18. The van der Waals surface area contributed by atoms with Gasteiger partial charge in [0.05, 0.1) is 13.2 Å². The predicted molar refractivity (Wildman–Crippen MR) is 108 cm³/mol. The molecule has 0 spiro atoms. The summed E-state index contributed by atoms with van der Waals surface area (Å²) in [5, 5.41) is 11.9. The summed E-state index contributed by atoms with van der Waals surface area (Å²) in [6, 6.07) is 14.9. The van der Waals surface area contributed by atoms with Gasteiger partial charge in [-0.3, -0.25) is 9.59 Å². The fourth-order valence-corrected chi connectivity index (χ4v) is 3.45. The number of nitrogens with one attached hydrogen (secondary N) is 1. The summed E-state index contributed by atoms with van der Waals surface area (Å²) in [5.74, 6) is -0.673. The van der Waals surface area contributed by atoms with Crippen LogP contribution in [0.15, 0.2) is 54.6 Å². The SMILES string of the molecule is COCC1C[C@@H](C(=O)O)N(C(=O)CNC(=O)c2ccc(Oc3ccccc3)cc2)C1. The summed E-state index contributed by atoms with van der Waals surface area (Å²) in [4.78, 5) is 37.6. The minimum atomic E-state index is -1.05. The van der Waals surface area contributed by atoms with Gasteiger partial charge in [0.15, 0.2) is 0 Å². The number of carboxylic acid groups (broad SMARTS) is 1. The highest BCUT2D eigenvalue weighted by molar-refractivity contribution is 5.97. The van der Waals surface area contributed by atoms with E-state index in [9.17, 15) is 19.5 Å². The average molecular weight is 412 g/mol. The van der Waals surface area contributed by atoms with E-state index in [0.29, 0.717) is 36.6 Å². The number of benzene rings is 2. The molecule has 8 heteroatoms. The van der Waals surface area contributed by atoms with Crippen LogP contribution in [0.1, 0.15) is 16.8 Å². The van der Waals surface area contributed by atoms with E-state index in [-0.39, 0.29) is 12.5 Å². The van der Waals surface area contributed by atoms with Crippen molar-refractivity contribution in [1.29, 1.82) is 0 Å². The molecule has 1 fully saturated rings. The van der Waals surface area contributed by atoms with Crippen LogP contribution in [0.2, 0.25) is 0 Å². The molecule has 2 amide bonds. The molecule has 1 saturated heterocycles. The Morgan fingerprint density at radius 3 is 2.37 bits per heavy atom. The Balaban J connectivity index is 1.54. The second kappa shape index (κ2) is 9.89. The van der Waals surface area contributed by atoms with E-state index in [1.54, 1.807) is 24.3 Å². The fraction of sp³-hybridized carbons (Fsp3) is 0.318. The van der Waals surface area contributed by atoms with E-state index in [1.165, 1.54) is 12.0 Å². The van der Waals surface area contributed by atoms with Crippen molar-refractivity contribution in [1.82, 2.24) is 10.2 Å². The topological polar surface area (TPSA) is 105 Å². The molecule has 2 aromatic carbocycles. The van der Waals surface area contributed by atoms with Crippen molar-refractivity contribution in [2.75, 3.05) is 26.8 Å². The molecule has 0 aliphatic carbocycles. The lowest BCUT2D eigenvalue weighted by molar-refractivity contribution is -0.147. The Hall–Kier alpha value is -3.39. The van der Waals surface area contributed by atoms with Gasteiger partial charge in [0.25, 0.3) is 5.91 Å². The van der Waals surface area contributed by atoms with Crippen molar-refractivity contribution in [3.8, 4) is 11.5 Å². The minimum Gasteiger partial charge on any atom is -0.480 e. The number of methoxy groups -OCH3 is 1. The highest BCUT2D eigenvalue weighted by Gasteiger charge is 2.39. The second-order valence-corrected chi connectivity index (χ2v) is 7.08. The third kappa shape index (κ3) is 5.36. The minimum absolute atomic E-state index is 0.0343. The fourth-order valence-electron chi connectivity index (χ4n) is 3.45. The van der Waals surface area contributed by atoms with Crippen LogP contribution >= 0.6 is 0 Å². The smallest absolute Gasteiger partial charge is 0.326 e. The van der Waals surface area contributed by atoms with E-state index in [4.69, 9.17) is 9.47 Å². The first-order valence-electron chi connectivity index (χ1n) is 9.60. The highest BCUT2D eigenvalue weighted by atomic mass is 16.5. The summed E-state index contributed by atoms with van der Waals surface area (Å²) in [7, 11) is 1.54. The maximum absolute atomic E-state index is 12.5. The van der Waals surface area contributed by atoms with Gasteiger partial charge in [-0.1, -0.05) is 18.2 Å². The van der Waals surface area contributed by atoms with Gasteiger partial charge in [-0.2, -0.15) is 0 Å². The number of carbonyl (C=O) groups is 3. The first-order chi connectivity index (χ1) is 14.5. The molecule has 2 atom stereocenters. The van der Waals surface area contributed by atoms with Crippen LogP contribution in [0, 0.1) is 5.92 Å². The van der Waals surface area contributed by atoms with Crippen molar-refractivity contribution in [2.45, 2.75) is 12.5 Å². The standard InChI is InChI=1S/C22H24N2O6/c1-29-14-15-11-19(22(27)28)24(13-15)20(25)12-23-21(26)16-7-9-18(10-8-16)30-17-5-3-2-4-6-17/h2-10,15,19H,11-14H2,1H3,(H,23,26)(H,27,28)/t15?,19-/m0/s1. The molecule has 1 aliphatic rings. The molecule has 1 heterocycles. The van der Waals surface area contributed by atoms with Gasteiger partial charge in [0.2, 0.25) is 5.91 Å². The zero-order chi connectivity index (χ0) is 21.5. The van der Waals surface area contributed by atoms with Gasteiger partial charge in [-0.05, 0) is 42.8 Å². The Morgan fingerprint density at radius 2 is 1.73 bits per heavy atom. The quantitative estimate of drug-likeness (QED) is 0.688. The number of likely N-dealkylation sites (tertiary alicyclic amines) is 1. The number of hydrogen-bond donors (Lipinski definition) is 2. The Morgan fingerprint density at radius 1 is 1.07 bits per heavy atom. The number of hydrogen-bond acceptors (Lipinski definition) is 5. The highest BCUT2D eigenvalue weighted by Crippen LogP contribution is 2.24. The van der Waals surface area contributed by atoms with Crippen LogP contribution in [-0.4, -0.2) is 60.6 Å². The number of para-hydroxylation sites is 1. The third-order valence-corrected chi connectivity index (χ3v) is 4.89. The lowest BCUT2D eigenvalue weighted by Gasteiger charge is -2.21. The number of ether oxygens (including phenoxy) is 2. The van der Waals surface area contributed by atoms with Crippen molar-refractivity contribution in [3.63, 3.8) is 0 Å². The molecule has 0 saturated carbocycles. The Kier molecular flexibility index (Phi) is 7.03. The molecule has 158 valence electrons. The number of amides is 2. The summed E-state index contributed by atoms with van der Waals surface area (Å²) >= 11 is 0. The van der Waals surface area contributed by atoms with Gasteiger partial charge >= 0.3 is 5.97 Å². The van der Waals surface area contributed by atoms with Crippen molar-refractivity contribution < 1.29 is 29.0 Å². The third-order valence-electron chi connectivity index (χ3n) is 4.89. The molecule has 8 nitrogen and oxygen atoms in total. The van der Waals surface area contributed by atoms with Gasteiger partial charge in [0.1, 0.15) is 17.5 Å². The molecular weight excluding hydrogens is 388 g/mol. The molecule has 1 aliphatic heterocycles. The van der Waals surface area contributed by atoms with Crippen molar-refractivity contribution in [3.05, 3.63) is 60.2 Å². The van der Waals surface area contributed by atoms with Crippen LogP contribution in [0.25, 0.3) is 0 Å². The Labute approximate surface area is 174 Å². The van der Waals surface area contributed by atoms with Gasteiger partial charge < -0.3 is 24.8 Å². The monoisotopic (exact) mass is 412 g/mol. The molecule has 2 N–H and O–H groups in total. The van der Waals surface area contributed by atoms with E-state index in [0.717, 1.165) is 0 Å². The number of nitrogens with zero attached hydrogens (tertiary/aromatic N) is 1. The molecular formula is C22H24N2O6. The maximum atomic E-state index is 12.5. The van der Waals surface area contributed by atoms with Crippen LogP contribution < -0.4 is 10.1 Å². The van der Waals surface area contributed by atoms with Crippen LogP contribution in [-0.2, 0) is 14.3 Å². The number of carbonyl (C=O) groups excluding carboxylic acids is 2. The van der Waals surface area contributed by atoms with Gasteiger partial charge in [-0.15, -0.1) is 0 Å². The van der Waals surface area contributed by atoms with Crippen LogP contribution in [0.3, 0.4) is 0 Å².